The monoisotopic (exact) mass is 367 g/mol. The summed E-state index contributed by atoms with van der Waals surface area (Å²) in [7, 11) is 0. The largest absolute Gasteiger partial charge is 0.316 e. The van der Waals surface area contributed by atoms with E-state index in [1.54, 1.807) is 17.7 Å². The van der Waals surface area contributed by atoms with Gasteiger partial charge in [-0.25, -0.2) is 9.97 Å². The summed E-state index contributed by atoms with van der Waals surface area (Å²) in [5, 5.41) is 8.92. The Balaban J connectivity index is 1.51. The summed E-state index contributed by atoms with van der Waals surface area (Å²) < 4.78 is 0. The predicted octanol–water partition coefficient (Wildman–Crippen LogP) is 4.11. The SMILES string of the molecule is CC(C)(C)c1cc2c(N/N=C/C3=CC4CCNCC4C=C3)ncnc2s1. The molecule has 2 unspecified atom stereocenters. The van der Waals surface area contributed by atoms with E-state index in [9.17, 15) is 0 Å². The first-order valence-corrected chi connectivity index (χ1v) is 9.97. The maximum Gasteiger partial charge on any atom is 0.158 e. The third kappa shape index (κ3) is 3.57. The third-order valence-electron chi connectivity index (χ3n) is 4.98. The molecule has 2 aliphatic rings. The van der Waals surface area contributed by atoms with Gasteiger partial charge in [0.25, 0.3) is 0 Å². The van der Waals surface area contributed by atoms with Gasteiger partial charge in [0.2, 0.25) is 0 Å². The first-order chi connectivity index (χ1) is 12.5. The van der Waals surface area contributed by atoms with E-state index in [4.69, 9.17) is 0 Å². The fourth-order valence-corrected chi connectivity index (χ4v) is 4.48. The van der Waals surface area contributed by atoms with Gasteiger partial charge in [0.1, 0.15) is 11.2 Å². The van der Waals surface area contributed by atoms with Crippen molar-refractivity contribution < 1.29 is 0 Å². The van der Waals surface area contributed by atoms with E-state index < -0.39 is 0 Å². The zero-order valence-corrected chi connectivity index (χ0v) is 16.3. The molecule has 26 heavy (non-hydrogen) atoms. The summed E-state index contributed by atoms with van der Waals surface area (Å²) in [4.78, 5) is 11.1. The van der Waals surface area contributed by atoms with Crippen molar-refractivity contribution in [3.8, 4) is 0 Å². The topological polar surface area (TPSA) is 62.2 Å². The van der Waals surface area contributed by atoms with Crippen LogP contribution < -0.4 is 10.7 Å². The number of hydrogen-bond donors (Lipinski definition) is 2. The molecular weight excluding hydrogens is 342 g/mol. The van der Waals surface area contributed by atoms with Crippen molar-refractivity contribution >= 4 is 33.6 Å². The molecule has 2 aromatic rings. The molecule has 3 heterocycles. The molecule has 1 fully saturated rings. The van der Waals surface area contributed by atoms with Crippen molar-refractivity contribution in [1.82, 2.24) is 15.3 Å². The molecular formula is C20H25N5S. The Morgan fingerprint density at radius 3 is 3.04 bits per heavy atom. The predicted molar refractivity (Wildman–Crippen MR) is 110 cm³/mol. The van der Waals surface area contributed by atoms with Gasteiger partial charge >= 0.3 is 0 Å². The van der Waals surface area contributed by atoms with Crippen LogP contribution in [0.15, 0.2) is 41.3 Å². The minimum atomic E-state index is 0.106. The number of nitrogens with one attached hydrogen (secondary N) is 2. The van der Waals surface area contributed by atoms with Crippen LogP contribution in [0.4, 0.5) is 5.82 Å². The highest BCUT2D eigenvalue weighted by Gasteiger charge is 2.23. The van der Waals surface area contributed by atoms with E-state index >= 15 is 0 Å². The average molecular weight is 368 g/mol. The molecule has 1 aliphatic heterocycles. The molecule has 5 nitrogen and oxygen atoms in total. The summed E-state index contributed by atoms with van der Waals surface area (Å²) in [6, 6.07) is 2.18. The van der Waals surface area contributed by atoms with Crippen molar-refractivity contribution in [2.45, 2.75) is 32.6 Å². The lowest BCUT2D eigenvalue weighted by atomic mass is 9.81. The quantitative estimate of drug-likeness (QED) is 0.633. The number of allylic oxidation sites excluding steroid dienone is 3. The Labute approximate surface area is 158 Å². The third-order valence-corrected chi connectivity index (χ3v) is 6.45. The molecule has 136 valence electrons. The molecule has 0 radical (unpaired) electrons. The van der Waals surface area contributed by atoms with Crippen molar-refractivity contribution in [3.63, 3.8) is 0 Å². The van der Waals surface area contributed by atoms with Gasteiger partial charge in [0, 0.05) is 11.4 Å². The molecule has 1 saturated heterocycles. The van der Waals surface area contributed by atoms with Gasteiger partial charge in [-0.2, -0.15) is 5.10 Å². The molecule has 2 N–H and O–H groups in total. The van der Waals surface area contributed by atoms with Crippen molar-refractivity contribution in [3.05, 3.63) is 41.1 Å². The van der Waals surface area contributed by atoms with Crippen LogP contribution in [0.25, 0.3) is 10.2 Å². The molecule has 0 amide bonds. The van der Waals surface area contributed by atoms with Crippen LogP contribution in [-0.4, -0.2) is 29.3 Å². The van der Waals surface area contributed by atoms with Gasteiger partial charge < -0.3 is 5.32 Å². The lowest BCUT2D eigenvalue weighted by molar-refractivity contribution is 0.353. The van der Waals surface area contributed by atoms with Crippen LogP contribution in [0, 0.1) is 11.8 Å². The molecule has 6 heteroatoms. The number of hydrazone groups is 1. The zero-order chi connectivity index (χ0) is 18.1. The second-order valence-electron chi connectivity index (χ2n) is 8.02. The average Bonchev–Trinajstić information content (AvgIpc) is 3.07. The fourth-order valence-electron chi connectivity index (χ4n) is 3.43. The fraction of sp³-hybridized carbons (Fsp3) is 0.450. The number of piperidine rings is 1. The van der Waals surface area contributed by atoms with E-state index in [2.05, 4.69) is 70.9 Å². The minimum absolute atomic E-state index is 0.106. The smallest absolute Gasteiger partial charge is 0.158 e. The van der Waals surface area contributed by atoms with Gasteiger partial charge in [-0.05, 0) is 41.9 Å². The Morgan fingerprint density at radius 2 is 2.19 bits per heavy atom. The number of thiophene rings is 1. The van der Waals surface area contributed by atoms with E-state index in [1.165, 1.54) is 11.3 Å². The number of anilines is 1. The van der Waals surface area contributed by atoms with E-state index in [0.717, 1.165) is 34.7 Å². The summed E-state index contributed by atoms with van der Waals surface area (Å²) in [5.74, 6) is 2.01. The standard InChI is InChI=1S/C20H25N5S/c1-20(2,3)17-9-16-18(22-12-23-19(16)26-17)25-24-10-13-4-5-15-11-21-7-6-14(15)8-13/h4-5,8-10,12,14-15,21H,6-7,11H2,1-3H3,(H,22,23,25)/b24-10+. The van der Waals surface area contributed by atoms with Crippen LogP contribution in [0.5, 0.6) is 0 Å². The Bertz CT molecular complexity index is 887. The number of hydrogen-bond acceptors (Lipinski definition) is 6. The summed E-state index contributed by atoms with van der Waals surface area (Å²) in [6.07, 6.45) is 11.5. The molecule has 2 aromatic heterocycles. The summed E-state index contributed by atoms with van der Waals surface area (Å²) in [6.45, 7) is 8.82. The van der Waals surface area contributed by atoms with E-state index in [0.29, 0.717) is 11.8 Å². The van der Waals surface area contributed by atoms with Gasteiger partial charge in [-0.15, -0.1) is 11.3 Å². The second kappa shape index (κ2) is 6.93. The Kier molecular flexibility index (Phi) is 4.63. The van der Waals surface area contributed by atoms with E-state index in [-0.39, 0.29) is 5.41 Å². The zero-order valence-electron chi connectivity index (χ0n) is 15.5. The van der Waals surface area contributed by atoms with E-state index in [1.807, 2.05) is 6.21 Å². The maximum absolute atomic E-state index is 4.43. The summed E-state index contributed by atoms with van der Waals surface area (Å²) >= 11 is 1.72. The van der Waals surface area contributed by atoms with Gasteiger partial charge in [0.15, 0.2) is 5.82 Å². The highest BCUT2D eigenvalue weighted by Crippen LogP contribution is 2.35. The highest BCUT2D eigenvalue weighted by atomic mass is 32.1. The van der Waals surface area contributed by atoms with Gasteiger partial charge in [-0.1, -0.05) is 39.0 Å². The lowest BCUT2D eigenvalue weighted by Gasteiger charge is -2.30. The molecule has 4 rings (SSSR count). The number of aromatic nitrogens is 2. The van der Waals surface area contributed by atoms with Crippen LogP contribution in [-0.2, 0) is 5.41 Å². The molecule has 2 atom stereocenters. The number of rotatable bonds is 3. The van der Waals surface area contributed by atoms with Gasteiger partial charge in [-0.3, -0.25) is 5.43 Å². The number of fused-ring (bicyclic) bond motifs is 2. The summed E-state index contributed by atoms with van der Waals surface area (Å²) in [5.41, 5.74) is 4.37. The van der Waals surface area contributed by atoms with Crippen molar-refractivity contribution in [2.24, 2.45) is 16.9 Å². The second-order valence-corrected chi connectivity index (χ2v) is 9.05. The minimum Gasteiger partial charge on any atom is -0.316 e. The first kappa shape index (κ1) is 17.4. The Morgan fingerprint density at radius 1 is 1.31 bits per heavy atom. The molecule has 0 aromatic carbocycles. The lowest BCUT2D eigenvalue weighted by Crippen LogP contribution is -2.35. The highest BCUT2D eigenvalue weighted by molar-refractivity contribution is 7.18. The Hall–Kier alpha value is -2.05. The molecule has 0 bridgehead atoms. The van der Waals surface area contributed by atoms with Crippen LogP contribution in [0.1, 0.15) is 32.1 Å². The van der Waals surface area contributed by atoms with Crippen LogP contribution >= 0.6 is 11.3 Å². The molecule has 0 spiro atoms. The molecule has 0 saturated carbocycles. The number of nitrogens with zero attached hydrogens (tertiary/aromatic N) is 3. The maximum atomic E-state index is 4.43. The van der Waals surface area contributed by atoms with Gasteiger partial charge in [0.05, 0.1) is 11.6 Å². The normalized spacial score (nSPS) is 23.3. The van der Waals surface area contributed by atoms with Crippen LogP contribution in [0.2, 0.25) is 0 Å². The molecule has 1 aliphatic carbocycles. The van der Waals surface area contributed by atoms with Crippen molar-refractivity contribution in [2.75, 3.05) is 18.5 Å². The van der Waals surface area contributed by atoms with Crippen molar-refractivity contribution in [1.29, 1.82) is 0 Å². The first-order valence-electron chi connectivity index (χ1n) is 9.15. The van der Waals surface area contributed by atoms with Crippen LogP contribution in [0.3, 0.4) is 0 Å².